The number of primary amides is 1. The maximum Gasteiger partial charge on any atom is 0.339 e. The summed E-state index contributed by atoms with van der Waals surface area (Å²) in [6.45, 7) is 1.62. The van der Waals surface area contributed by atoms with Gasteiger partial charge in [0.2, 0.25) is 0 Å². The predicted octanol–water partition coefficient (Wildman–Crippen LogP) is 3.67. The standard InChI is InChI=1S/C23H20N2O3/c1-14-6-8-15(9-7-14)12-16-10-11-18-21(23(27)28-13-20(24)26)17-4-2-3-5-19(17)25-22(16)18/h2-9,12H,10-11,13H2,1H3,(H2,24,26). The average molecular weight is 372 g/mol. The molecule has 0 saturated carbocycles. The van der Waals surface area contributed by atoms with Crippen molar-refractivity contribution >= 4 is 34.4 Å². The SMILES string of the molecule is Cc1ccc(C=C2CCc3c2nc2ccccc2c3C(=O)OCC(N)=O)cc1. The van der Waals surface area contributed by atoms with E-state index in [4.69, 9.17) is 15.5 Å². The zero-order valence-corrected chi connectivity index (χ0v) is 15.6. The zero-order chi connectivity index (χ0) is 19.7. The lowest BCUT2D eigenvalue weighted by atomic mass is 10.0. The highest BCUT2D eigenvalue weighted by atomic mass is 16.5. The van der Waals surface area contributed by atoms with E-state index < -0.39 is 18.5 Å². The number of rotatable bonds is 4. The number of fused-ring (bicyclic) bond motifs is 2. The van der Waals surface area contributed by atoms with Gasteiger partial charge in [0.1, 0.15) is 0 Å². The highest BCUT2D eigenvalue weighted by Gasteiger charge is 2.27. The minimum Gasteiger partial charge on any atom is -0.452 e. The number of nitrogens with two attached hydrogens (primary N) is 1. The van der Waals surface area contributed by atoms with Gasteiger partial charge in [-0.15, -0.1) is 0 Å². The van der Waals surface area contributed by atoms with Crippen LogP contribution in [0.2, 0.25) is 0 Å². The van der Waals surface area contributed by atoms with Gasteiger partial charge in [-0.3, -0.25) is 4.79 Å². The number of aryl methyl sites for hydroxylation is 1. The van der Waals surface area contributed by atoms with E-state index in [1.807, 2.05) is 24.3 Å². The summed E-state index contributed by atoms with van der Waals surface area (Å²) in [5.74, 6) is -1.21. The number of para-hydroxylation sites is 1. The van der Waals surface area contributed by atoms with Gasteiger partial charge in [-0.1, -0.05) is 48.0 Å². The van der Waals surface area contributed by atoms with Crippen molar-refractivity contribution in [2.75, 3.05) is 6.61 Å². The van der Waals surface area contributed by atoms with E-state index in [1.165, 1.54) is 5.56 Å². The van der Waals surface area contributed by atoms with Gasteiger partial charge in [0, 0.05) is 5.39 Å². The number of hydrogen-bond acceptors (Lipinski definition) is 4. The number of carbonyl (C=O) groups excluding carboxylic acids is 2. The molecule has 0 aliphatic heterocycles. The Morgan fingerprint density at radius 1 is 1.11 bits per heavy atom. The number of ether oxygens (including phenoxy) is 1. The molecule has 1 aliphatic carbocycles. The maximum absolute atomic E-state index is 12.7. The molecule has 0 radical (unpaired) electrons. The van der Waals surface area contributed by atoms with Crippen LogP contribution in [0.4, 0.5) is 0 Å². The fourth-order valence-corrected chi connectivity index (χ4v) is 3.58. The molecule has 0 bridgehead atoms. The van der Waals surface area contributed by atoms with Crippen molar-refractivity contribution in [2.24, 2.45) is 5.73 Å². The summed E-state index contributed by atoms with van der Waals surface area (Å²) in [7, 11) is 0. The summed E-state index contributed by atoms with van der Waals surface area (Å²) in [5.41, 5.74) is 11.4. The number of pyridine rings is 1. The first-order valence-corrected chi connectivity index (χ1v) is 9.17. The second kappa shape index (κ2) is 7.27. The Kier molecular flexibility index (Phi) is 4.65. The predicted molar refractivity (Wildman–Crippen MR) is 109 cm³/mol. The molecular weight excluding hydrogens is 352 g/mol. The van der Waals surface area contributed by atoms with Crippen molar-refractivity contribution in [1.82, 2.24) is 4.98 Å². The van der Waals surface area contributed by atoms with Crippen LogP contribution < -0.4 is 5.73 Å². The Morgan fingerprint density at radius 3 is 2.61 bits per heavy atom. The normalized spacial score (nSPS) is 14.2. The van der Waals surface area contributed by atoms with Crippen molar-refractivity contribution in [3.05, 3.63) is 76.5 Å². The van der Waals surface area contributed by atoms with E-state index in [2.05, 4.69) is 37.3 Å². The number of hydrogen-bond donors (Lipinski definition) is 1. The number of esters is 1. The van der Waals surface area contributed by atoms with Gasteiger partial charge in [0.25, 0.3) is 5.91 Å². The largest absolute Gasteiger partial charge is 0.452 e. The Bertz CT molecular complexity index is 1110. The van der Waals surface area contributed by atoms with Crippen molar-refractivity contribution in [1.29, 1.82) is 0 Å². The van der Waals surface area contributed by atoms with E-state index in [9.17, 15) is 9.59 Å². The smallest absolute Gasteiger partial charge is 0.339 e. The molecule has 28 heavy (non-hydrogen) atoms. The third-order valence-electron chi connectivity index (χ3n) is 4.91. The van der Waals surface area contributed by atoms with Crippen LogP contribution in [0.5, 0.6) is 0 Å². The van der Waals surface area contributed by atoms with E-state index in [0.29, 0.717) is 12.0 Å². The lowest BCUT2D eigenvalue weighted by Gasteiger charge is -2.11. The lowest BCUT2D eigenvalue weighted by molar-refractivity contribution is -0.121. The Balaban J connectivity index is 1.83. The molecular formula is C23H20N2O3. The summed E-state index contributed by atoms with van der Waals surface area (Å²) in [6.07, 6.45) is 3.61. The van der Waals surface area contributed by atoms with Crippen molar-refractivity contribution in [2.45, 2.75) is 19.8 Å². The van der Waals surface area contributed by atoms with Crippen LogP contribution in [-0.4, -0.2) is 23.5 Å². The molecule has 2 N–H and O–H groups in total. The fraction of sp³-hybridized carbons (Fsp3) is 0.174. The molecule has 0 fully saturated rings. The zero-order valence-electron chi connectivity index (χ0n) is 15.6. The number of nitrogens with zero attached hydrogens (tertiary/aromatic N) is 1. The molecule has 0 atom stereocenters. The van der Waals surface area contributed by atoms with Gasteiger partial charge in [-0.2, -0.15) is 0 Å². The number of allylic oxidation sites excluding steroid dienone is 1. The van der Waals surface area contributed by atoms with Crippen LogP contribution in [0.3, 0.4) is 0 Å². The summed E-state index contributed by atoms with van der Waals surface area (Å²) in [5, 5.41) is 0.729. The molecule has 1 aliphatic rings. The third-order valence-corrected chi connectivity index (χ3v) is 4.91. The Hall–Kier alpha value is -3.47. The molecule has 1 amide bonds. The van der Waals surface area contributed by atoms with E-state index >= 15 is 0 Å². The molecule has 1 aromatic heterocycles. The van der Waals surface area contributed by atoms with Crippen LogP contribution in [0.15, 0.2) is 48.5 Å². The van der Waals surface area contributed by atoms with Crippen molar-refractivity contribution in [3.63, 3.8) is 0 Å². The molecule has 0 saturated heterocycles. The van der Waals surface area contributed by atoms with Crippen LogP contribution in [0, 0.1) is 6.92 Å². The van der Waals surface area contributed by atoms with Gasteiger partial charge in [-0.25, -0.2) is 9.78 Å². The van der Waals surface area contributed by atoms with Gasteiger partial charge in [0.15, 0.2) is 6.61 Å². The highest BCUT2D eigenvalue weighted by molar-refractivity contribution is 6.07. The quantitative estimate of drug-likeness (QED) is 0.709. The first-order chi connectivity index (χ1) is 13.5. The second-order valence-corrected chi connectivity index (χ2v) is 6.95. The Labute approximate surface area is 162 Å². The van der Waals surface area contributed by atoms with E-state index in [-0.39, 0.29) is 0 Å². The molecule has 0 unspecified atom stereocenters. The average Bonchev–Trinajstić information content (AvgIpc) is 3.08. The topological polar surface area (TPSA) is 82.3 Å². The van der Waals surface area contributed by atoms with E-state index in [1.54, 1.807) is 0 Å². The molecule has 4 rings (SSSR count). The van der Waals surface area contributed by atoms with Gasteiger partial charge >= 0.3 is 5.97 Å². The monoisotopic (exact) mass is 372 g/mol. The van der Waals surface area contributed by atoms with Crippen LogP contribution in [0.25, 0.3) is 22.6 Å². The number of benzene rings is 2. The van der Waals surface area contributed by atoms with Gasteiger partial charge in [0.05, 0.1) is 16.8 Å². The Morgan fingerprint density at radius 2 is 1.86 bits per heavy atom. The van der Waals surface area contributed by atoms with Gasteiger partial charge < -0.3 is 10.5 Å². The third kappa shape index (κ3) is 3.39. The summed E-state index contributed by atoms with van der Waals surface area (Å²) in [4.78, 5) is 28.6. The van der Waals surface area contributed by atoms with Crippen LogP contribution in [0.1, 0.15) is 39.2 Å². The maximum atomic E-state index is 12.7. The molecule has 140 valence electrons. The van der Waals surface area contributed by atoms with Crippen LogP contribution >= 0.6 is 0 Å². The molecule has 2 aromatic carbocycles. The minimum atomic E-state index is -0.677. The minimum absolute atomic E-state index is 0.434. The second-order valence-electron chi connectivity index (χ2n) is 6.95. The van der Waals surface area contributed by atoms with Crippen molar-refractivity contribution in [3.8, 4) is 0 Å². The number of amides is 1. The molecule has 0 spiro atoms. The van der Waals surface area contributed by atoms with Crippen LogP contribution in [-0.2, 0) is 16.0 Å². The molecule has 3 aromatic rings. The number of carbonyl (C=O) groups is 2. The highest BCUT2D eigenvalue weighted by Crippen LogP contribution is 2.37. The fourth-order valence-electron chi connectivity index (χ4n) is 3.58. The summed E-state index contributed by atoms with van der Waals surface area (Å²) in [6, 6.07) is 15.8. The van der Waals surface area contributed by atoms with Crippen molar-refractivity contribution < 1.29 is 14.3 Å². The number of aromatic nitrogens is 1. The molecule has 1 heterocycles. The molecule has 5 nitrogen and oxygen atoms in total. The summed E-state index contributed by atoms with van der Waals surface area (Å²) < 4.78 is 5.13. The van der Waals surface area contributed by atoms with E-state index in [0.717, 1.165) is 39.7 Å². The first-order valence-electron chi connectivity index (χ1n) is 9.17. The first kappa shape index (κ1) is 17.9. The lowest BCUT2D eigenvalue weighted by Crippen LogP contribution is -2.21. The van der Waals surface area contributed by atoms with Gasteiger partial charge in [-0.05, 0) is 48.6 Å². The summed E-state index contributed by atoms with van der Waals surface area (Å²) >= 11 is 0. The molecule has 5 heteroatoms.